The first-order valence-corrected chi connectivity index (χ1v) is 11.3. The number of piperazine rings is 1. The monoisotopic (exact) mass is 465 g/mol. The van der Waals surface area contributed by atoms with Gasteiger partial charge in [-0.2, -0.15) is 0 Å². The Balaban J connectivity index is 1.16. The minimum absolute atomic E-state index is 0.0721. The molecule has 1 aromatic heterocycles. The number of benzene rings is 2. The quantitative estimate of drug-likeness (QED) is 0.632. The number of nitrogens with one attached hydrogen (secondary N) is 1. The molecule has 0 radical (unpaired) electrons. The maximum absolute atomic E-state index is 12.7. The van der Waals surface area contributed by atoms with Gasteiger partial charge in [0.05, 0.1) is 6.54 Å². The molecule has 10 heteroatoms. The Morgan fingerprint density at radius 1 is 1.00 bits per heavy atom. The summed E-state index contributed by atoms with van der Waals surface area (Å²) in [5.41, 5.74) is 2.58. The zero-order valence-corrected chi connectivity index (χ0v) is 19.2. The van der Waals surface area contributed by atoms with Crippen LogP contribution in [0.25, 0.3) is 11.1 Å². The Hall–Kier alpha value is -3.79. The maximum Gasteiger partial charge on any atom is 0.321 e. The Morgan fingerprint density at radius 2 is 1.76 bits per heavy atom. The van der Waals surface area contributed by atoms with Crippen LogP contribution in [-0.4, -0.2) is 85.1 Å². The van der Waals surface area contributed by atoms with Gasteiger partial charge in [-0.3, -0.25) is 9.69 Å². The second-order valence-corrected chi connectivity index (χ2v) is 8.54. The molecular formula is C24H27N5O5. The van der Waals surface area contributed by atoms with Gasteiger partial charge in [0.1, 0.15) is 18.7 Å². The van der Waals surface area contributed by atoms with Crippen LogP contribution in [0.3, 0.4) is 0 Å². The van der Waals surface area contributed by atoms with Crippen molar-refractivity contribution in [1.82, 2.24) is 19.7 Å². The lowest BCUT2D eigenvalue weighted by molar-refractivity contribution is 0.0827. The Labute approximate surface area is 197 Å². The fourth-order valence-corrected chi connectivity index (χ4v) is 4.06. The van der Waals surface area contributed by atoms with E-state index in [9.17, 15) is 9.59 Å². The SMILES string of the molecule is CN(C)C(=O)c1ccc2oc(CN3CCN(C(=O)Nc4ccc5c(c4)OCCO5)CC3)nc2c1. The van der Waals surface area contributed by atoms with Gasteiger partial charge in [0.15, 0.2) is 17.1 Å². The molecule has 3 heterocycles. The molecule has 0 atom stereocenters. The van der Waals surface area contributed by atoms with E-state index in [-0.39, 0.29) is 11.9 Å². The summed E-state index contributed by atoms with van der Waals surface area (Å²) in [5, 5.41) is 2.94. The number of hydrogen-bond donors (Lipinski definition) is 1. The number of carbonyl (C=O) groups excluding carboxylic acids is 2. The van der Waals surface area contributed by atoms with Crippen LogP contribution in [0.5, 0.6) is 11.5 Å². The van der Waals surface area contributed by atoms with Gasteiger partial charge in [0.25, 0.3) is 5.91 Å². The van der Waals surface area contributed by atoms with Crippen molar-refractivity contribution < 1.29 is 23.5 Å². The average Bonchev–Trinajstić information content (AvgIpc) is 3.25. The zero-order valence-electron chi connectivity index (χ0n) is 19.2. The summed E-state index contributed by atoms with van der Waals surface area (Å²) in [6.07, 6.45) is 0. The molecule has 0 spiro atoms. The van der Waals surface area contributed by atoms with E-state index in [1.54, 1.807) is 43.3 Å². The van der Waals surface area contributed by atoms with Gasteiger partial charge in [-0.1, -0.05) is 0 Å². The number of ether oxygens (including phenoxy) is 2. The van der Waals surface area contributed by atoms with E-state index >= 15 is 0 Å². The molecule has 34 heavy (non-hydrogen) atoms. The number of urea groups is 1. The fourth-order valence-electron chi connectivity index (χ4n) is 4.06. The normalized spacial score (nSPS) is 15.9. The summed E-state index contributed by atoms with van der Waals surface area (Å²) in [6.45, 7) is 4.18. The molecule has 10 nitrogen and oxygen atoms in total. The van der Waals surface area contributed by atoms with E-state index < -0.39 is 0 Å². The number of oxazole rings is 1. The van der Waals surface area contributed by atoms with Crippen molar-refractivity contribution in [2.24, 2.45) is 0 Å². The Kier molecular flexibility index (Phi) is 5.97. The molecule has 0 saturated carbocycles. The molecule has 5 rings (SSSR count). The average molecular weight is 466 g/mol. The van der Waals surface area contributed by atoms with Gasteiger partial charge in [0, 0.05) is 57.6 Å². The maximum atomic E-state index is 12.7. The van der Waals surface area contributed by atoms with E-state index in [0.29, 0.717) is 85.7 Å². The van der Waals surface area contributed by atoms with E-state index in [4.69, 9.17) is 13.9 Å². The number of amides is 3. The summed E-state index contributed by atoms with van der Waals surface area (Å²) in [4.78, 5) is 35.0. The molecule has 1 saturated heterocycles. The number of nitrogens with zero attached hydrogens (tertiary/aromatic N) is 4. The van der Waals surface area contributed by atoms with Crippen LogP contribution in [-0.2, 0) is 6.54 Å². The summed E-state index contributed by atoms with van der Waals surface area (Å²) < 4.78 is 17.0. The minimum atomic E-state index is -0.142. The number of rotatable bonds is 4. The van der Waals surface area contributed by atoms with Crippen LogP contribution in [0, 0.1) is 0 Å². The zero-order chi connectivity index (χ0) is 23.7. The van der Waals surface area contributed by atoms with Crippen molar-refractivity contribution in [2.45, 2.75) is 6.54 Å². The lowest BCUT2D eigenvalue weighted by Crippen LogP contribution is -2.49. The molecule has 1 N–H and O–H groups in total. The summed E-state index contributed by atoms with van der Waals surface area (Å²) >= 11 is 0. The first-order chi connectivity index (χ1) is 16.5. The molecule has 178 valence electrons. The molecule has 1 fully saturated rings. The Morgan fingerprint density at radius 3 is 2.53 bits per heavy atom. The van der Waals surface area contributed by atoms with Crippen LogP contribution < -0.4 is 14.8 Å². The van der Waals surface area contributed by atoms with E-state index in [2.05, 4.69) is 15.2 Å². The molecule has 0 unspecified atom stereocenters. The lowest BCUT2D eigenvalue weighted by Gasteiger charge is -2.34. The lowest BCUT2D eigenvalue weighted by atomic mass is 10.2. The molecule has 3 amide bonds. The van der Waals surface area contributed by atoms with Crippen molar-refractivity contribution in [3.05, 3.63) is 47.9 Å². The highest BCUT2D eigenvalue weighted by Gasteiger charge is 2.23. The summed E-state index contributed by atoms with van der Waals surface area (Å²) in [7, 11) is 3.44. The predicted molar refractivity (Wildman–Crippen MR) is 125 cm³/mol. The molecule has 2 aromatic carbocycles. The van der Waals surface area contributed by atoms with Crippen LogP contribution in [0.15, 0.2) is 40.8 Å². The van der Waals surface area contributed by atoms with Crippen LogP contribution in [0.1, 0.15) is 16.2 Å². The molecule has 2 aliphatic heterocycles. The van der Waals surface area contributed by atoms with E-state index in [1.165, 1.54) is 4.90 Å². The predicted octanol–water partition coefficient (Wildman–Crippen LogP) is 2.65. The first kappa shape index (κ1) is 22.0. The minimum Gasteiger partial charge on any atom is -0.486 e. The largest absolute Gasteiger partial charge is 0.486 e. The number of aromatic nitrogens is 1. The number of carbonyl (C=O) groups is 2. The standard InChI is InChI=1S/C24H27N5O5/c1-27(2)23(30)16-3-5-19-18(13-16)26-22(34-19)15-28-7-9-29(10-8-28)24(31)25-17-4-6-20-21(14-17)33-12-11-32-20/h3-6,13-14H,7-12,15H2,1-2H3,(H,25,31). The van der Waals surface area contributed by atoms with Crippen LogP contribution >= 0.6 is 0 Å². The van der Waals surface area contributed by atoms with Crippen molar-refractivity contribution in [3.63, 3.8) is 0 Å². The van der Waals surface area contributed by atoms with Gasteiger partial charge in [-0.05, 0) is 30.3 Å². The van der Waals surface area contributed by atoms with Crippen molar-refractivity contribution in [1.29, 1.82) is 0 Å². The topological polar surface area (TPSA) is 100 Å². The van der Waals surface area contributed by atoms with Gasteiger partial charge in [0.2, 0.25) is 5.89 Å². The van der Waals surface area contributed by atoms with Crippen LogP contribution in [0.4, 0.5) is 10.5 Å². The second-order valence-electron chi connectivity index (χ2n) is 8.54. The number of hydrogen-bond acceptors (Lipinski definition) is 7. The van der Waals surface area contributed by atoms with Gasteiger partial charge in [-0.15, -0.1) is 0 Å². The highest BCUT2D eigenvalue weighted by molar-refractivity contribution is 5.96. The summed E-state index contributed by atoms with van der Waals surface area (Å²) in [6, 6.07) is 10.5. The van der Waals surface area contributed by atoms with Gasteiger partial charge >= 0.3 is 6.03 Å². The van der Waals surface area contributed by atoms with Crippen molar-refractivity contribution >= 4 is 28.7 Å². The third-order valence-electron chi connectivity index (χ3n) is 5.90. The molecule has 3 aromatic rings. The second kappa shape index (κ2) is 9.22. The smallest absolute Gasteiger partial charge is 0.321 e. The highest BCUT2D eigenvalue weighted by atomic mass is 16.6. The van der Waals surface area contributed by atoms with Gasteiger partial charge < -0.3 is 29.0 Å². The summed E-state index contributed by atoms with van der Waals surface area (Å²) in [5.74, 6) is 1.86. The molecule has 0 aliphatic carbocycles. The fraction of sp³-hybridized carbons (Fsp3) is 0.375. The third-order valence-corrected chi connectivity index (χ3v) is 5.90. The molecule has 2 aliphatic rings. The molecule has 0 bridgehead atoms. The first-order valence-electron chi connectivity index (χ1n) is 11.3. The number of anilines is 1. The molecular weight excluding hydrogens is 438 g/mol. The van der Waals surface area contributed by atoms with Crippen molar-refractivity contribution in [2.75, 3.05) is 58.8 Å². The van der Waals surface area contributed by atoms with Crippen LogP contribution in [0.2, 0.25) is 0 Å². The Bertz CT molecular complexity index is 1220. The third kappa shape index (κ3) is 4.62. The highest BCUT2D eigenvalue weighted by Crippen LogP contribution is 2.32. The van der Waals surface area contributed by atoms with Crippen molar-refractivity contribution in [3.8, 4) is 11.5 Å². The van der Waals surface area contributed by atoms with Gasteiger partial charge in [-0.25, -0.2) is 9.78 Å². The van der Waals surface area contributed by atoms with E-state index in [1.807, 2.05) is 12.1 Å². The van der Waals surface area contributed by atoms with E-state index in [0.717, 1.165) is 0 Å². The number of fused-ring (bicyclic) bond motifs is 2.